The van der Waals surface area contributed by atoms with Gasteiger partial charge in [-0.25, -0.2) is 0 Å². The van der Waals surface area contributed by atoms with Gasteiger partial charge in [0, 0.05) is 23.6 Å². The lowest BCUT2D eigenvalue weighted by molar-refractivity contribution is -0.121. The van der Waals surface area contributed by atoms with E-state index in [1.54, 1.807) is 60.7 Å². The predicted molar refractivity (Wildman–Crippen MR) is 129 cm³/mol. The number of hydrogen-bond acceptors (Lipinski definition) is 5. The lowest BCUT2D eigenvalue weighted by Gasteiger charge is -2.14. The zero-order valence-electron chi connectivity index (χ0n) is 18.8. The standard InChI is InChI=1S/C26H22ClN3O5/c1-16-14-19(10-11-22(16)27)35-15-17-6-8-18(9-7-17)24(32)29-28-23(31)12-13-30-25(33)20-4-2-3-5-21(20)26(30)34/h2-11,14H,12-13,15H2,1H3,(H,28,31)(H,29,32). The Morgan fingerprint density at radius 2 is 1.57 bits per heavy atom. The number of halogens is 1. The van der Waals surface area contributed by atoms with Gasteiger partial charge in [-0.3, -0.25) is 34.9 Å². The van der Waals surface area contributed by atoms with Gasteiger partial charge in [-0.2, -0.15) is 0 Å². The van der Waals surface area contributed by atoms with Crippen molar-refractivity contribution in [1.29, 1.82) is 0 Å². The van der Waals surface area contributed by atoms with Crippen LogP contribution in [0.15, 0.2) is 66.7 Å². The summed E-state index contributed by atoms with van der Waals surface area (Å²) in [6.07, 6.45) is -0.147. The smallest absolute Gasteiger partial charge is 0.269 e. The molecule has 0 saturated heterocycles. The van der Waals surface area contributed by atoms with Crippen molar-refractivity contribution in [3.05, 3.63) is 99.6 Å². The average molecular weight is 492 g/mol. The number of rotatable bonds is 7. The van der Waals surface area contributed by atoms with E-state index in [0.717, 1.165) is 16.0 Å². The number of fused-ring (bicyclic) bond motifs is 1. The lowest BCUT2D eigenvalue weighted by atomic mass is 10.1. The summed E-state index contributed by atoms with van der Waals surface area (Å²) in [6, 6.07) is 18.6. The van der Waals surface area contributed by atoms with Gasteiger partial charge < -0.3 is 4.74 Å². The highest BCUT2D eigenvalue weighted by atomic mass is 35.5. The molecule has 0 saturated carbocycles. The molecule has 0 bridgehead atoms. The summed E-state index contributed by atoms with van der Waals surface area (Å²) in [6.45, 7) is 2.12. The van der Waals surface area contributed by atoms with Crippen molar-refractivity contribution >= 4 is 35.2 Å². The highest BCUT2D eigenvalue weighted by Gasteiger charge is 2.34. The van der Waals surface area contributed by atoms with Crippen LogP contribution in [0.25, 0.3) is 0 Å². The Morgan fingerprint density at radius 3 is 2.20 bits per heavy atom. The Bertz CT molecular complexity index is 1270. The van der Waals surface area contributed by atoms with E-state index in [2.05, 4.69) is 10.9 Å². The highest BCUT2D eigenvalue weighted by Crippen LogP contribution is 2.23. The molecule has 3 aromatic rings. The number of hydrazine groups is 1. The molecule has 0 aromatic heterocycles. The first-order valence-corrected chi connectivity index (χ1v) is 11.2. The van der Waals surface area contributed by atoms with Gasteiger partial charge in [0.05, 0.1) is 11.1 Å². The maximum atomic E-state index is 12.3. The van der Waals surface area contributed by atoms with Crippen LogP contribution in [0, 0.1) is 6.92 Å². The van der Waals surface area contributed by atoms with Gasteiger partial charge >= 0.3 is 0 Å². The van der Waals surface area contributed by atoms with Gasteiger partial charge in [-0.15, -0.1) is 0 Å². The van der Waals surface area contributed by atoms with E-state index < -0.39 is 23.6 Å². The van der Waals surface area contributed by atoms with Crippen LogP contribution in [0.1, 0.15) is 48.6 Å². The van der Waals surface area contributed by atoms with Crippen LogP contribution in [0.2, 0.25) is 5.02 Å². The van der Waals surface area contributed by atoms with Crippen molar-refractivity contribution in [1.82, 2.24) is 15.8 Å². The van der Waals surface area contributed by atoms with Crippen LogP contribution in [-0.2, 0) is 11.4 Å². The van der Waals surface area contributed by atoms with E-state index in [0.29, 0.717) is 34.1 Å². The van der Waals surface area contributed by atoms with Crippen LogP contribution in [0.4, 0.5) is 0 Å². The number of amides is 4. The van der Waals surface area contributed by atoms with Crippen molar-refractivity contribution in [2.45, 2.75) is 20.0 Å². The second-order valence-corrected chi connectivity index (χ2v) is 8.36. The summed E-state index contributed by atoms with van der Waals surface area (Å²) in [5.41, 5.74) is 7.40. The molecule has 9 heteroatoms. The monoisotopic (exact) mass is 491 g/mol. The number of ether oxygens (including phenoxy) is 1. The zero-order chi connectivity index (χ0) is 24.9. The van der Waals surface area contributed by atoms with Crippen LogP contribution in [0.3, 0.4) is 0 Å². The largest absolute Gasteiger partial charge is 0.489 e. The number of carbonyl (C=O) groups is 4. The minimum Gasteiger partial charge on any atom is -0.489 e. The van der Waals surface area contributed by atoms with E-state index in [-0.39, 0.29) is 13.0 Å². The topological polar surface area (TPSA) is 105 Å². The van der Waals surface area contributed by atoms with Gasteiger partial charge in [-0.1, -0.05) is 35.9 Å². The van der Waals surface area contributed by atoms with Crippen LogP contribution >= 0.6 is 11.6 Å². The minimum atomic E-state index is -0.529. The summed E-state index contributed by atoms with van der Waals surface area (Å²) < 4.78 is 5.74. The molecule has 0 radical (unpaired) electrons. The summed E-state index contributed by atoms with van der Waals surface area (Å²) in [5.74, 6) is -1.20. The van der Waals surface area contributed by atoms with Crippen LogP contribution in [0.5, 0.6) is 5.75 Å². The molecule has 1 aliphatic rings. The van der Waals surface area contributed by atoms with E-state index in [1.165, 1.54) is 0 Å². The van der Waals surface area contributed by atoms with E-state index >= 15 is 0 Å². The molecule has 35 heavy (non-hydrogen) atoms. The first-order chi connectivity index (χ1) is 16.8. The van der Waals surface area contributed by atoms with E-state index in [1.807, 2.05) is 13.0 Å². The Morgan fingerprint density at radius 1 is 0.914 bits per heavy atom. The zero-order valence-corrected chi connectivity index (χ0v) is 19.6. The van der Waals surface area contributed by atoms with Crippen molar-refractivity contribution in [2.75, 3.05) is 6.54 Å². The molecule has 3 aromatic carbocycles. The molecular weight excluding hydrogens is 470 g/mol. The second-order valence-electron chi connectivity index (χ2n) is 7.96. The molecule has 0 atom stereocenters. The van der Waals surface area contributed by atoms with E-state index in [9.17, 15) is 19.2 Å². The van der Waals surface area contributed by atoms with Crippen LogP contribution < -0.4 is 15.6 Å². The van der Waals surface area contributed by atoms with Crippen molar-refractivity contribution in [3.63, 3.8) is 0 Å². The summed E-state index contributed by atoms with van der Waals surface area (Å²) in [5, 5.41) is 0.670. The SMILES string of the molecule is Cc1cc(OCc2ccc(C(=O)NNC(=O)CCN3C(=O)c4ccccc4C3=O)cc2)ccc1Cl. The Balaban J connectivity index is 1.22. The first kappa shape index (κ1) is 24.0. The van der Waals surface area contributed by atoms with Crippen molar-refractivity contribution in [2.24, 2.45) is 0 Å². The number of carbonyl (C=O) groups excluding carboxylic acids is 4. The number of nitrogens with one attached hydrogen (secondary N) is 2. The normalized spacial score (nSPS) is 12.3. The van der Waals surface area contributed by atoms with Gasteiger partial charge in [0.2, 0.25) is 5.91 Å². The molecule has 0 unspecified atom stereocenters. The molecule has 0 fully saturated rings. The Labute approximate surface area is 206 Å². The fraction of sp³-hybridized carbons (Fsp3) is 0.154. The third-order valence-corrected chi connectivity index (χ3v) is 5.93. The highest BCUT2D eigenvalue weighted by molar-refractivity contribution is 6.31. The molecule has 0 spiro atoms. The number of nitrogens with zero attached hydrogens (tertiary/aromatic N) is 1. The molecule has 4 amide bonds. The van der Waals surface area contributed by atoms with Gasteiger partial charge in [0.15, 0.2) is 0 Å². The molecular formula is C26H22ClN3O5. The number of imide groups is 1. The second kappa shape index (κ2) is 10.4. The first-order valence-electron chi connectivity index (χ1n) is 10.9. The Kier molecular flexibility index (Phi) is 7.12. The maximum absolute atomic E-state index is 12.3. The van der Waals surface area contributed by atoms with Gasteiger partial charge in [0.1, 0.15) is 12.4 Å². The summed E-state index contributed by atoms with van der Waals surface area (Å²) >= 11 is 6.02. The molecule has 4 rings (SSSR count). The van der Waals surface area contributed by atoms with Crippen LogP contribution in [-0.4, -0.2) is 35.1 Å². The molecule has 1 aliphatic heterocycles. The van der Waals surface area contributed by atoms with E-state index in [4.69, 9.17) is 16.3 Å². The van der Waals surface area contributed by atoms with Gasteiger partial charge in [-0.05, 0) is 60.5 Å². The third kappa shape index (κ3) is 5.50. The summed E-state index contributed by atoms with van der Waals surface area (Å²) in [7, 11) is 0. The van der Waals surface area contributed by atoms with Gasteiger partial charge in [0.25, 0.3) is 17.7 Å². The minimum absolute atomic E-state index is 0.0874. The predicted octanol–water partition coefficient (Wildman–Crippen LogP) is 3.67. The average Bonchev–Trinajstić information content (AvgIpc) is 3.11. The quantitative estimate of drug-likeness (QED) is 0.387. The molecule has 1 heterocycles. The number of benzene rings is 3. The fourth-order valence-electron chi connectivity index (χ4n) is 3.54. The summed E-state index contributed by atoms with van der Waals surface area (Å²) in [4.78, 5) is 50.2. The molecule has 2 N–H and O–H groups in total. The molecule has 8 nitrogen and oxygen atoms in total. The molecule has 0 aliphatic carbocycles. The fourth-order valence-corrected chi connectivity index (χ4v) is 3.66. The third-order valence-electron chi connectivity index (χ3n) is 5.51. The number of aryl methyl sites for hydroxylation is 1. The lowest BCUT2D eigenvalue weighted by Crippen LogP contribution is -2.43. The van der Waals surface area contributed by atoms with Crippen molar-refractivity contribution < 1.29 is 23.9 Å². The van der Waals surface area contributed by atoms with Crippen molar-refractivity contribution in [3.8, 4) is 5.75 Å². The maximum Gasteiger partial charge on any atom is 0.269 e. The molecule has 178 valence electrons. The number of hydrogen-bond donors (Lipinski definition) is 2. The Hall–Kier alpha value is -4.17.